The third-order valence-electron chi connectivity index (χ3n) is 3.19. The van der Waals surface area contributed by atoms with Gasteiger partial charge in [-0.25, -0.2) is 0 Å². The van der Waals surface area contributed by atoms with Crippen molar-refractivity contribution in [2.24, 2.45) is 0 Å². The standard InChI is InChI=1S/C15H21NO2/c1-10(2)16-13-7-6-12(18-5)8-11(13)9-14(16)15(3,4)17/h6-10,17H,1-5H3. The fourth-order valence-electron chi connectivity index (χ4n) is 2.37. The second kappa shape index (κ2) is 4.32. The maximum absolute atomic E-state index is 10.3. The summed E-state index contributed by atoms with van der Waals surface area (Å²) in [6.07, 6.45) is 0. The smallest absolute Gasteiger partial charge is 0.119 e. The summed E-state index contributed by atoms with van der Waals surface area (Å²) < 4.78 is 7.42. The molecule has 1 heterocycles. The summed E-state index contributed by atoms with van der Waals surface area (Å²) in [6, 6.07) is 8.34. The van der Waals surface area contributed by atoms with Crippen molar-refractivity contribution < 1.29 is 9.84 Å². The molecule has 1 N–H and O–H groups in total. The molecule has 0 saturated carbocycles. The summed E-state index contributed by atoms with van der Waals surface area (Å²) >= 11 is 0. The molecule has 0 saturated heterocycles. The zero-order valence-corrected chi connectivity index (χ0v) is 11.7. The third kappa shape index (κ3) is 2.10. The first-order chi connectivity index (χ1) is 8.34. The van der Waals surface area contributed by atoms with Gasteiger partial charge in [0.15, 0.2) is 0 Å². The Kier molecular flexibility index (Phi) is 3.11. The lowest BCUT2D eigenvalue weighted by Crippen LogP contribution is -2.21. The summed E-state index contributed by atoms with van der Waals surface area (Å²) in [7, 11) is 1.66. The van der Waals surface area contributed by atoms with E-state index in [-0.39, 0.29) is 0 Å². The van der Waals surface area contributed by atoms with E-state index in [9.17, 15) is 5.11 Å². The molecule has 0 fully saturated rings. The van der Waals surface area contributed by atoms with Crippen molar-refractivity contribution in [3.8, 4) is 5.75 Å². The van der Waals surface area contributed by atoms with Crippen LogP contribution in [0.4, 0.5) is 0 Å². The number of hydrogen-bond donors (Lipinski definition) is 1. The molecule has 0 spiro atoms. The molecule has 0 amide bonds. The zero-order chi connectivity index (χ0) is 13.5. The summed E-state index contributed by atoms with van der Waals surface area (Å²) in [6.45, 7) is 7.88. The van der Waals surface area contributed by atoms with Crippen molar-refractivity contribution in [2.45, 2.75) is 39.3 Å². The number of ether oxygens (including phenoxy) is 1. The minimum absolute atomic E-state index is 0.303. The molecule has 0 aliphatic rings. The number of nitrogens with zero attached hydrogens (tertiary/aromatic N) is 1. The Morgan fingerprint density at radius 2 is 1.89 bits per heavy atom. The third-order valence-corrected chi connectivity index (χ3v) is 3.19. The lowest BCUT2D eigenvalue weighted by Gasteiger charge is -2.23. The molecular formula is C15H21NO2. The van der Waals surface area contributed by atoms with Gasteiger partial charge in [0.1, 0.15) is 5.75 Å². The van der Waals surface area contributed by atoms with Crippen molar-refractivity contribution in [2.75, 3.05) is 7.11 Å². The van der Waals surface area contributed by atoms with E-state index in [1.807, 2.05) is 38.1 Å². The Labute approximate surface area is 108 Å². The van der Waals surface area contributed by atoms with E-state index in [4.69, 9.17) is 4.74 Å². The maximum Gasteiger partial charge on any atom is 0.119 e. The fraction of sp³-hybridized carbons (Fsp3) is 0.467. The van der Waals surface area contributed by atoms with Gasteiger partial charge in [-0.3, -0.25) is 0 Å². The second-order valence-corrected chi connectivity index (χ2v) is 5.48. The number of rotatable bonds is 3. The van der Waals surface area contributed by atoms with Gasteiger partial charge >= 0.3 is 0 Å². The largest absolute Gasteiger partial charge is 0.497 e. The van der Waals surface area contributed by atoms with E-state index in [0.717, 1.165) is 22.3 Å². The summed E-state index contributed by atoms with van der Waals surface area (Å²) in [5, 5.41) is 11.4. The fourth-order valence-corrected chi connectivity index (χ4v) is 2.37. The van der Waals surface area contributed by atoms with Crippen LogP contribution in [0.2, 0.25) is 0 Å². The van der Waals surface area contributed by atoms with Crippen LogP contribution in [-0.2, 0) is 5.60 Å². The Morgan fingerprint density at radius 3 is 2.39 bits per heavy atom. The number of aromatic nitrogens is 1. The van der Waals surface area contributed by atoms with Crippen LogP contribution in [0, 0.1) is 0 Å². The summed E-state index contributed by atoms with van der Waals surface area (Å²) in [4.78, 5) is 0. The average Bonchev–Trinajstić information content (AvgIpc) is 2.66. The maximum atomic E-state index is 10.3. The average molecular weight is 247 g/mol. The predicted molar refractivity (Wildman–Crippen MR) is 74.1 cm³/mol. The Balaban J connectivity index is 2.75. The molecule has 18 heavy (non-hydrogen) atoms. The lowest BCUT2D eigenvalue weighted by molar-refractivity contribution is 0.0691. The molecule has 0 aliphatic heterocycles. The van der Waals surface area contributed by atoms with E-state index < -0.39 is 5.60 Å². The monoisotopic (exact) mass is 247 g/mol. The number of fused-ring (bicyclic) bond motifs is 1. The molecule has 0 bridgehead atoms. The van der Waals surface area contributed by atoms with E-state index in [0.29, 0.717) is 6.04 Å². The molecule has 0 radical (unpaired) electrons. The van der Waals surface area contributed by atoms with Gasteiger partial charge in [0.25, 0.3) is 0 Å². The molecule has 3 nitrogen and oxygen atoms in total. The molecule has 0 unspecified atom stereocenters. The lowest BCUT2D eigenvalue weighted by atomic mass is 10.1. The zero-order valence-electron chi connectivity index (χ0n) is 11.7. The van der Waals surface area contributed by atoms with Gasteiger partial charge in [0, 0.05) is 16.9 Å². The highest BCUT2D eigenvalue weighted by Crippen LogP contribution is 2.32. The molecule has 2 rings (SSSR count). The molecule has 3 heteroatoms. The van der Waals surface area contributed by atoms with Gasteiger partial charge in [0.05, 0.1) is 18.4 Å². The first-order valence-corrected chi connectivity index (χ1v) is 6.26. The van der Waals surface area contributed by atoms with Crippen molar-refractivity contribution >= 4 is 10.9 Å². The van der Waals surface area contributed by atoms with E-state index in [2.05, 4.69) is 18.4 Å². The van der Waals surface area contributed by atoms with E-state index in [1.54, 1.807) is 7.11 Å². The topological polar surface area (TPSA) is 34.4 Å². The van der Waals surface area contributed by atoms with E-state index >= 15 is 0 Å². The van der Waals surface area contributed by atoms with Gasteiger partial charge in [-0.1, -0.05) is 0 Å². The van der Waals surface area contributed by atoms with Gasteiger partial charge in [-0.15, -0.1) is 0 Å². The van der Waals surface area contributed by atoms with Crippen LogP contribution in [0.15, 0.2) is 24.3 Å². The molecule has 0 aliphatic carbocycles. The van der Waals surface area contributed by atoms with Crippen LogP contribution in [-0.4, -0.2) is 16.8 Å². The predicted octanol–water partition coefficient (Wildman–Crippen LogP) is 3.46. The SMILES string of the molecule is COc1ccc2c(c1)cc(C(C)(C)O)n2C(C)C. The summed E-state index contributed by atoms with van der Waals surface area (Å²) in [5.74, 6) is 0.839. The van der Waals surface area contributed by atoms with Crippen molar-refractivity contribution in [3.63, 3.8) is 0 Å². The number of methoxy groups -OCH3 is 1. The van der Waals surface area contributed by atoms with Crippen LogP contribution in [0.25, 0.3) is 10.9 Å². The first-order valence-electron chi connectivity index (χ1n) is 6.26. The van der Waals surface area contributed by atoms with Crippen molar-refractivity contribution in [1.29, 1.82) is 0 Å². The van der Waals surface area contributed by atoms with Gasteiger partial charge in [-0.2, -0.15) is 0 Å². The normalized spacial score (nSPS) is 12.4. The van der Waals surface area contributed by atoms with Crippen molar-refractivity contribution in [3.05, 3.63) is 30.0 Å². The number of aliphatic hydroxyl groups is 1. The molecule has 1 aromatic heterocycles. The Hall–Kier alpha value is -1.48. The van der Waals surface area contributed by atoms with Crippen molar-refractivity contribution in [1.82, 2.24) is 4.57 Å². The highest BCUT2D eigenvalue weighted by molar-refractivity contribution is 5.83. The van der Waals surface area contributed by atoms with Crippen LogP contribution in [0.3, 0.4) is 0 Å². The number of benzene rings is 1. The second-order valence-electron chi connectivity index (χ2n) is 5.48. The molecule has 0 atom stereocenters. The Bertz CT molecular complexity index is 562. The van der Waals surface area contributed by atoms with Crippen LogP contribution < -0.4 is 4.74 Å². The van der Waals surface area contributed by atoms with Gasteiger partial charge in [-0.05, 0) is 52.0 Å². The van der Waals surface area contributed by atoms with Gasteiger partial charge in [0.2, 0.25) is 0 Å². The van der Waals surface area contributed by atoms with Crippen LogP contribution in [0.1, 0.15) is 39.4 Å². The molecule has 98 valence electrons. The Morgan fingerprint density at radius 1 is 1.22 bits per heavy atom. The first kappa shape index (κ1) is 13.0. The molecule has 1 aromatic carbocycles. The van der Waals surface area contributed by atoms with Crippen LogP contribution in [0.5, 0.6) is 5.75 Å². The summed E-state index contributed by atoms with van der Waals surface area (Å²) in [5.41, 5.74) is 1.21. The quantitative estimate of drug-likeness (QED) is 0.901. The highest BCUT2D eigenvalue weighted by Gasteiger charge is 2.24. The highest BCUT2D eigenvalue weighted by atomic mass is 16.5. The van der Waals surface area contributed by atoms with Crippen LogP contribution >= 0.6 is 0 Å². The molecular weight excluding hydrogens is 226 g/mol. The minimum Gasteiger partial charge on any atom is -0.497 e. The van der Waals surface area contributed by atoms with Gasteiger partial charge < -0.3 is 14.4 Å². The number of hydrogen-bond acceptors (Lipinski definition) is 2. The molecule has 2 aromatic rings. The van der Waals surface area contributed by atoms with E-state index in [1.165, 1.54) is 0 Å². The minimum atomic E-state index is -0.851.